The molecule has 2 aromatic rings. The lowest BCUT2D eigenvalue weighted by molar-refractivity contribution is -0.120. The molecule has 0 atom stereocenters. The highest BCUT2D eigenvalue weighted by Gasteiger charge is 2.04. The van der Waals surface area contributed by atoms with Gasteiger partial charge in [0.15, 0.2) is 11.5 Å². The second-order valence-corrected chi connectivity index (χ2v) is 3.97. The Bertz CT molecular complexity index is 610. The number of carbonyl (C=O) groups excluding carboxylic acids is 1. The van der Waals surface area contributed by atoms with Crippen LogP contribution < -0.4 is 5.32 Å². The number of fused-ring (bicyclic) bond motifs is 1. The second kappa shape index (κ2) is 5.32. The summed E-state index contributed by atoms with van der Waals surface area (Å²) >= 11 is 0. The van der Waals surface area contributed by atoms with E-state index in [1.807, 2.05) is 31.2 Å². The van der Waals surface area contributed by atoms with Crippen LogP contribution in [-0.4, -0.2) is 17.4 Å². The SMILES string of the molecule is Cc1nc2ccc(CCNC(=O)CC#N)cc2o1. The van der Waals surface area contributed by atoms with Crippen LogP contribution in [-0.2, 0) is 11.2 Å². The summed E-state index contributed by atoms with van der Waals surface area (Å²) in [6.07, 6.45) is 0.604. The van der Waals surface area contributed by atoms with E-state index in [0.717, 1.165) is 16.7 Å². The van der Waals surface area contributed by atoms with Crippen molar-refractivity contribution >= 4 is 17.0 Å². The number of oxazole rings is 1. The summed E-state index contributed by atoms with van der Waals surface area (Å²) in [5.41, 5.74) is 2.66. The molecule has 0 aliphatic carbocycles. The Labute approximate surface area is 104 Å². The smallest absolute Gasteiger partial charge is 0.234 e. The van der Waals surface area contributed by atoms with Crippen molar-refractivity contribution in [2.75, 3.05) is 6.54 Å². The van der Waals surface area contributed by atoms with Crippen LogP contribution in [0.5, 0.6) is 0 Å². The van der Waals surface area contributed by atoms with Gasteiger partial charge in [0.2, 0.25) is 5.91 Å². The third-order valence-corrected chi connectivity index (χ3v) is 2.54. The van der Waals surface area contributed by atoms with Gasteiger partial charge in [-0.3, -0.25) is 4.79 Å². The standard InChI is InChI=1S/C13H13N3O2/c1-9-16-11-3-2-10(8-12(11)18-9)5-7-15-13(17)4-6-14/h2-3,8H,4-5,7H2,1H3,(H,15,17). The summed E-state index contributed by atoms with van der Waals surface area (Å²) in [5.74, 6) is 0.401. The molecule has 18 heavy (non-hydrogen) atoms. The highest BCUT2D eigenvalue weighted by Crippen LogP contribution is 2.16. The van der Waals surface area contributed by atoms with Crippen molar-refractivity contribution in [1.82, 2.24) is 10.3 Å². The van der Waals surface area contributed by atoms with E-state index in [0.29, 0.717) is 18.9 Å². The van der Waals surface area contributed by atoms with E-state index in [1.54, 1.807) is 0 Å². The average Bonchev–Trinajstić information content (AvgIpc) is 2.69. The second-order valence-electron chi connectivity index (χ2n) is 3.97. The van der Waals surface area contributed by atoms with Gasteiger partial charge in [-0.1, -0.05) is 6.07 Å². The van der Waals surface area contributed by atoms with Gasteiger partial charge < -0.3 is 9.73 Å². The van der Waals surface area contributed by atoms with Gasteiger partial charge in [0, 0.05) is 13.5 Å². The zero-order valence-electron chi connectivity index (χ0n) is 10.1. The summed E-state index contributed by atoms with van der Waals surface area (Å²) in [6.45, 7) is 2.32. The van der Waals surface area contributed by atoms with Crippen LogP contribution >= 0.6 is 0 Å². The largest absolute Gasteiger partial charge is 0.441 e. The van der Waals surface area contributed by atoms with Crippen molar-refractivity contribution in [3.63, 3.8) is 0 Å². The number of amides is 1. The lowest BCUT2D eigenvalue weighted by Crippen LogP contribution is -2.24. The summed E-state index contributed by atoms with van der Waals surface area (Å²) in [4.78, 5) is 15.3. The highest BCUT2D eigenvalue weighted by atomic mass is 16.3. The van der Waals surface area contributed by atoms with Gasteiger partial charge in [-0.25, -0.2) is 4.98 Å². The van der Waals surface area contributed by atoms with E-state index >= 15 is 0 Å². The van der Waals surface area contributed by atoms with Crippen LogP contribution in [0.4, 0.5) is 0 Å². The van der Waals surface area contributed by atoms with Gasteiger partial charge in [-0.15, -0.1) is 0 Å². The lowest BCUT2D eigenvalue weighted by atomic mass is 10.1. The van der Waals surface area contributed by atoms with Gasteiger partial charge >= 0.3 is 0 Å². The molecule has 0 unspecified atom stereocenters. The first-order valence-corrected chi connectivity index (χ1v) is 5.69. The fourth-order valence-corrected chi connectivity index (χ4v) is 1.72. The van der Waals surface area contributed by atoms with Gasteiger partial charge in [0.25, 0.3) is 0 Å². The Morgan fingerprint density at radius 3 is 3.17 bits per heavy atom. The van der Waals surface area contributed by atoms with E-state index in [2.05, 4.69) is 10.3 Å². The van der Waals surface area contributed by atoms with Crippen molar-refractivity contribution in [1.29, 1.82) is 5.26 Å². The molecule has 5 nitrogen and oxygen atoms in total. The average molecular weight is 243 g/mol. The number of nitrogens with zero attached hydrogens (tertiary/aromatic N) is 2. The number of benzene rings is 1. The molecule has 0 spiro atoms. The van der Waals surface area contributed by atoms with Gasteiger partial charge in [0.05, 0.1) is 6.07 Å². The molecule has 0 saturated carbocycles. The molecular formula is C13H13N3O2. The number of aromatic nitrogens is 1. The number of rotatable bonds is 4. The van der Waals surface area contributed by atoms with Crippen molar-refractivity contribution in [2.24, 2.45) is 0 Å². The Kier molecular flexibility index (Phi) is 3.58. The highest BCUT2D eigenvalue weighted by molar-refractivity contribution is 5.78. The van der Waals surface area contributed by atoms with E-state index in [1.165, 1.54) is 0 Å². The van der Waals surface area contributed by atoms with E-state index in [-0.39, 0.29) is 12.3 Å². The third kappa shape index (κ3) is 2.86. The number of hydrogen-bond acceptors (Lipinski definition) is 4. The van der Waals surface area contributed by atoms with E-state index in [9.17, 15) is 4.79 Å². The summed E-state index contributed by atoms with van der Waals surface area (Å²) in [6, 6.07) is 7.59. The molecule has 92 valence electrons. The Morgan fingerprint density at radius 2 is 2.39 bits per heavy atom. The van der Waals surface area contributed by atoms with Crippen molar-refractivity contribution in [2.45, 2.75) is 19.8 Å². The molecule has 0 aliphatic heterocycles. The monoisotopic (exact) mass is 243 g/mol. The van der Waals surface area contributed by atoms with Crippen molar-refractivity contribution in [3.8, 4) is 6.07 Å². The van der Waals surface area contributed by atoms with Crippen LogP contribution in [0.3, 0.4) is 0 Å². The number of aryl methyl sites for hydroxylation is 1. The molecule has 1 aromatic heterocycles. The topological polar surface area (TPSA) is 78.9 Å². The van der Waals surface area contributed by atoms with E-state index < -0.39 is 0 Å². The van der Waals surface area contributed by atoms with E-state index in [4.69, 9.17) is 9.68 Å². The van der Waals surface area contributed by atoms with Crippen LogP contribution in [0.2, 0.25) is 0 Å². The summed E-state index contributed by atoms with van der Waals surface area (Å²) in [5, 5.41) is 11.0. The maximum absolute atomic E-state index is 11.1. The third-order valence-electron chi connectivity index (χ3n) is 2.54. The zero-order valence-corrected chi connectivity index (χ0v) is 10.1. The number of hydrogen-bond donors (Lipinski definition) is 1. The molecule has 1 amide bonds. The molecule has 1 heterocycles. The number of carbonyl (C=O) groups is 1. The van der Waals surface area contributed by atoms with Crippen molar-refractivity contribution < 1.29 is 9.21 Å². The Balaban J connectivity index is 1.95. The zero-order chi connectivity index (χ0) is 13.0. The fourth-order valence-electron chi connectivity index (χ4n) is 1.72. The number of nitrogens with one attached hydrogen (secondary N) is 1. The first kappa shape index (κ1) is 12.1. The molecule has 0 radical (unpaired) electrons. The lowest BCUT2D eigenvalue weighted by Gasteiger charge is -2.02. The fraction of sp³-hybridized carbons (Fsp3) is 0.308. The number of nitriles is 1. The molecule has 1 N–H and O–H groups in total. The molecule has 0 saturated heterocycles. The molecule has 2 rings (SSSR count). The maximum atomic E-state index is 11.1. The molecule has 5 heteroatoms. The normalized spacial score (nSPS) is 10.2. The first-order chi connectivity index (χ1) is 8.69. The van der Waals surface area contributed by atoms with Gasteiger partial charge in [0.1, 0.15) is 11.9 Å². The molecular weight excluding hydrogens is 230 g/mol. The minimum atomic E-state index is -0.242. The Morgan fingerprint density at radius 1 is 1.56 bits per heavy atom. The van der Waals surface area contributed by atoms with Gasteiger partial charge in [-0.05, 0) is 24.1 Å². The van der Waals surface area contributed by atoms with Crippen LogP contribution in [0, 0.1) is 18.3 Å². The minimum Gasteiger partial charge on any atom is -0.441 e. The molecule has 0 bridgehead atoms. The predicted molar refractivity (Wildman–Crippen MR) is 65.7 cm³/mol. The minimum absolute atomic E-state index is 0.0969. The predicted octanol–water partition coefficient (Wildman–Crippen LogP) is 1.71. The maximum Gasteiger partial charge on any atom is 0.234 e. The van der Waals surface area contributed by atoms with Crippen LogP contribution in [0.1, 0.15) is 17.9 Å². The van der Waals surface area contributed by atoms with Crippen LogP contribution in [0.15, 0.2) is 22.6 Å². The van der Waals surface area contributed by atoms with Crippen LogP contribution in [0.25, 0.3) is 11.1 Å². The van der Waals surface area contributed by atoms with Gasteiger partial charge in [-0.2, -0.15) is 5.26 Å². The molecule has 0 aliphatic rings. The quantitative estimate of drug-likeness (QED) is 0.886. The van der Waals surface area contributed by atoms with Crippen molar-refractivity contribution in [3.05, 3.63) is 29.7 Å². The molecule has 1 aromatic carbocycles. The molecule has 0 fully saturated rings. The summed E-state index contributed by atoms with van der Waals surface area (Å²) in [7, 11) is 0. The first-order valence-electron chi connectivity index (χ1n) is 5.69. The summed E-state index contributed by atoms with van der Waals surface area (Å²) < 4.78 is 5.43. The Hall–Kier alpha value is -2.35.